The molecule has 1 N–H and O–H groups in total. The van der Waals surface area contributed by atoms with Crippen molar-refractivity contribution in [3.05, 3.63) is 0 Å². The van der Waals surface area contributed by atoms with Crippen LogP contribution in [0.5, 0.6) is 0 Å². The van der Waals surface area contributed by atoms with Crippen molar-refractivity contribution >= 4 is 5.97 Å². The van der Waals surface area contributed by atoms with Gasteiger partial charge in [-0.15, -0.1) is 0 Å². The molecule has 2 saturated carbocycles. The molecule has 0 aromatic heterocycles. The lowest BCUT2D eigenvalue weighted by molar-refractivity contribution is -0.145. The third-order valence-corrected chi connectivity index (χ3v) is 5.25. The van der Waals surface area contributed by atoms with E-state index in [-0.39, 0.29) is 11.5 Å². The van der Waals surface area contributed by atoms with Crippen molar-refractivity contribution in [3.8, 4) is 0 Å². The smallest absolute Gasteiger partial charge is 0.307 e. The molecule has 0 saturated heterocycles. The highest BCUT2D eigenvalue weighted by atomic mass is 16.5. The molecule has 3 heteroatoms. The summed E-state index contributed by atoms with van der Waals surface area (Å²) in [5, 5.41) is 3.41. The van der Waals surface area contributed by atoms with Crippen molar-refractivity contribution in [1.29, 1.82) is 0 Å². The second-order valence-electron chi connectivity index (χ2n) is 6.22. The lowest BCUT2D eigenvalue weighted by atomic mass is 9.65. The Hall–Kier alpha value is -0.570. The number of carbonyl (C=O) groups excluding carboxylic acids is 1. The van der Waals surface area contributed by atoms with Gasteiger partial charge >= 0.3 is 5.97 Å². The van der Waals surface area contributed by atoms with Gasteiger partial charge in [-0.3, -0.25) is 4.79 Å². The van der Waals surface area contributed by atoms with Crippen LogP contribution < -0.4 is 5.32 Å². The highest BCUT2D eigenvalue weighted by Gasteiger charge is 2.44. The van der Waals surface area contributed by atoms with E-state index in [1.54, 1.807) is 0 Å². The minimum absolute atomic E-state index is 0.0000926. The summed E-state index contributed by atoms with van der Waals surface area (Å²) in [5.41, 5.74) is 0.620. The average molecular weight is 253 g/mol. The van der Waals surface area contributed by atoms with Crippen molar-refractivity contribution in [1.82, 2.24) is 5.32 Å². The maximum Gasteiger partial charge on any atom is 0.307 e. The Balaban J connectivity index is 1.92. The van der Waals surface area contributed by atoms with Crippen LogP contribution in [0.15, 0.2) is 0 Å². The van der Waals surface area contributed by atoms with Crippen LogP contribution in [-0.4, -0.2) is 25.2 Å². The standard InChI is InChI=1S/C15H27NO2/c1-3-18-13(17)12-15(16-2)10-8-14(9-11-15)6-4-5-7-14/h16H,3-12H2,1-2H3. The van der Waals surface area contributed by atoms with Crippen molar-refractivity contribution in [2.75, 3.05) is 13.7 Å². The summed E-state index contributed by atoms with van der Waals surface area (Å²) in [6.45, 7) is 2.36. The molecule has 0 aromatic rings. The fourth-order valence-corrected chi connectivity index (χ4v) is 3.89. The van der Waals surface area contributed by atoms with Crippen LogP contribution in [0.25, 0.3) is 0 Å². The molecule has 3 nitrogen and oxygen atoms in total. The van der Waals surface area contributed by atoms with Crippen LogP contribution in [0.1, 0.15) is 64.7 Å². The van der Waals surface area contributed by atoms with E-state index in [0.29, 0.717) is 18.4 Å². The first-order valence-electron chi connectivity index (χ1n) is 7.48. The third kappa shape index (κ3) is 2.87. The van der Waals surface area contributed by atoms with E-state index in [2.05, 4.69) is 5.32 Å². The first kappa shape index (κ1) is 13.9. The maximum absolute atomic E-state index is 11.7. The molecule has 18 heavy (non-hydrogen) atoms. The molecule has 0 heterocycles. The Bertz CT molecular complexity index is 285. The normalized spacial score (nSPS) is 25.2. The summed E-state index contributed by atoms with van der Waals surface area (Å²) < 4.78 is 5.11. The molecular weight excluding hydrogens is 226 g/mol. The van der Waals surface area contributed by atoms with Gasteiger partial charge in [-0.2, -0.15) is 0 Å². The Morgan fingerprint density at radius 2 is 1.72 bits per heavy atom. The molecule has 0 aliphatic heterocycles. The zero-order valence-corrected chi connectivity index (χ0v) is 11.9. The maximum atomic E-state index is 11.7. The summed E-state index contributed by atoms with van der Waals surface area (Å²) >= 11 is 0. The van der Waals surface area contributed by atoms with E-state index in [1.165, 1.54) is 38.5 Å². The minimum Gasteiger partial charge on any atom is -0.466 e. The first-order valence-corrected chi connectivity index (χ1v) is 7.48. The van der Waals surface area contributed by atoms with Gasteiger partial charge in [-0.1, -0.05) is 12.8 Å². The van der Waals surface area contributed by atoms with Crippen LogP contribution in [0.3, 0.4) is 0 Å². The van der Waals surface area contributed by atoms with Gasteiger partial charge in [-0.25, -0.2) is 0 Å². The van der Waals surface area contributed by atoms with Gasteiger partial charge in [0.2, 0.25) is 0 Å². The monoisotopic (exact) mass is 253 g/mol. The Morgan fingerprint density at radius 3 is 2.22 bits per heavy atom. The molecule has 0 bridgehead atoms. The summed E-state index contributed by atoms with van der Waals surface area (Å²) in [6.07, 6.45) is 11.0. The molecule has 2 aliphatic carbocycles. The van der Waals surface area contributed by atoms with Crippen LogP contribution in [0, 0.1) is 5.41 Å². The van der Waals surface area contributed by atoms with Crippen LogP contribution in [0.4, 0.5) is 0 Å². The van der Waals surface area contributed by atoms with Gasteiger partial charge in [0.05, 0.1) is 13.0 Å². The first-order chi connectivity index (χ1) is 8.64. The molecule has 0 aromatic carbocycles. The second kappa shape index (κ2) is 5.60. The zero-order chi connectivity index (χ0) is 13.1. The van der Waals surface area contributed by atoms with E-state index in [9.17, 15) is 4.79 Å². The number of hydrogen-bond acceptors (Lipinski definition) is 3. The number of esters is 1. The Morgan fingerprint density at radius 1 is 1.11 bits per heavy atom. The number of hydrogen-bond donors (Lipinski definition) is 1. The van der Waals surface area contributed by atoms with Crippen LogP contribution in [0.2, 0.25) is 0 Å². The van der Waals surface area contributed by atoms with Gasteiger partial charge in [0, 0.05) is 5.54 Å². The van der Waals surface area contributed by atoms with Gasteiger partial charge in [0.25, 0.3) is 0 Å². The van der Waals surface area contributed by atoms with Crippen molar-refractivity contribution < 1.29 is 9.53 Å². The summed E-state index contributed by atoms with van der Waals surface area (Å²) in [6, 6.07) is 0. The van der Waals surface area contributed by atoms with E-state index in [1.807, 2.05) is 14.0 Å². The lowest BCUT2D eigenvalue weighted by Crippen LogP contribution is -2.49. The van der Waals surface area contributed by atoms with Crippen LogP contribution in [-0.2, 0) is 9.53 Å². The Labute approximate surface area is 111 Å². The summed E-state index contributed by atoms with van der Waals surface area (Å²) in [7, 11) is 1.99. The van der Waals surface area contributed by atoms with Gasteiger partial charge in [0.15, 0.2) is 0 Å². The van der Waals surface area contributed by atoms with Crippen molar-refractivity contribution in [3.63, 3.8) is 0 Å². The highest BCUT2D eigenvalue weighted by molar-refractivity contribution is 5.71. The number of carbonyl (C=O) groups is 1. The summed E-state index contributed by atoms with van der Waals surface area (Å²) in [4.78, 5) is 11.7. The number of ether oxygens (including phenoxy) is 1. The quantitative estimate of drug-likeness (QED) is 0.783. The van der Waals surface area contributed by atoms with Gasteiger partial charge in [0.1, 0.15) is 0 Å². The zero-order valence-electron chi connectivity index (χ0n) is 11.9. The molecule has 2 rings (SSSR count). The molecule has 0 amide bonds. The summed E-state index contributed by atoms with van der Waals surface area (Å²) in [5.74, 6) is -0.0470. The predicted molar refractivity (Wildman–Crippen MR) is 72.4 cm³/mol. The third-order valence-electron chi connectivity index (χ3n) is 5.25. The molecule has 0 atom stereocenters. The number of rotatable bonds is 4. The molecule has 1 spiro atoms. The lowest BCUT2D eigenvalue weighted by Gasteiger charge is -2.44. The topological polar surface area (TPSA) is 38.3 Å². The molecule has 2 aliphatic rings. The van der Waals surface area contributed by atoms with E-state index in [0.717, 1.165) is 12.8 Å². The van der Waals surface area contributed by atoms with Crippen LogP contribution >= 0.6 is 0 Å². The second-order valence-corrected chi connectivity index (χ2v) is 6.22. The SMILES string of the molecule is CCOC(=O)CC1(NC)CCC2(CCCC2)CC1. The minimum atomic E-state index is -0.0470. The van der Waals surface area contributed by atoms with E-state index < -0.39 is 0 Å². The van der Waals surface area contributed by atoms with E-state index in [4.69, 9.17) is 4.74 Å². The molecule has 0 unspecified atom stereocenters. The molecule has 104 valence electrons. The molecular formula is C15H27NO2. The van der Waals surface area contributed by atoms with Crippen molar-refractivity contribution in [2.45, 2.75) is 70.3 Å². The molecule has 2 fully saturated rings. The largest absolute Gasteiger partial charge is 0.466 e. The van der Waals surface area contributed by atoms with Gasteiger partial charge < -0.3 is 10.1 Å². The Kier molecular flexibility index (Phi) is 4.31. The highest BCUT2D eigenvalue weighted by Crippen LogP contribution is 2.51. The molecule has 0 radical (unpaired) electrons. The fraction of sp³-hybridized carbons (Fsp3) is 0.933. The van der Waals surface area contributed by atoms with E-state index >= 15 is 0 Å². The fourth-order valence-electron chi connectivity index (χ4n) is 3.89. The number of nitrogens with one attached hydrogen (secondary N) is 1. The predicted octanol–water partition coefficient (Wildman–Crippen LogP) is 3.03. The van der Waals surface area contributed by atoms with Crippen molar-refractivity contribution in [2.24, 2.45) is 5.41 Å². The van der Waals surface area contributed by atoms with Gasteiger partial charge in [-0.05, 0) is 57.9 Å². The average Bonchev–Trinajstić information content (AvgIpc) is 2.82.